The first kappa shape index (κ1) is 14.8. The van der Waals surface area contributed by atoms with Gasteiger partial charge in [-0.25, -0.2) is 0 Å². The van der Waals surface area contributed by atoms with Crippen LogP contribution in [0.25, 0.3) is 0 Å². The summed E-state index contributed by atoms with van der Waals surface area (Å²) in [7, 11) is 0. The zero-order valence-electron chi connectivity index (χ0n) is 9.88. The van der Waals surface area contributed by atoms with Gasteiger partial charge in [0.1, 0.15) is 10.7 Å². The first-order valence-corrected chi connectivity index (χ1v) is 5.91. The highest BCUT2D eigenvalue weighted by Gasteiger charge is 2.34. The van der Waals surface area contributed by atoms with Crippen molar-refractivity contribution in [3.8, 4) is 5.75 Å². The van der Waals surface area contributed by atoms with Gasteiger partial charge in [0.05, 0.1) is 12.2 Å². The number of hydrogen-bond donors (Lipinski definition) is 1. The van der Waals surface area contributed by atoms with E-state index in [1.54, 1.807) is 0 Å². The van der Waals surface area contributed by atoms with Gasteiger partial charge in [-0.05, 0) is 24.6 Å². The molecule has 0 atom stereocenters. The topological polar surface area (TPSA) is 35.2 Å². The molecule has 6 heteroatoms. The number of nitrogens with two attached hydrogens (primary N) is 1. The Morgan fingerprint density at radius 2 is 2.06 bits per heavy atom. The van der Waals surface area contributed by atoms with Gasteiger partial charge in [0.2, 0.25) is 0 Å². The van der Waals surface area contributed by atoms with Crippen molar-refractivity contribution in [3.63, 3.8) is 0 Å². The summed E-state index contributed by atoms with van der Waals surface area (Å²) in [5.74, 6) is -0.184. The van der Waals surface area contributed by atoms with Crippen LogP contribution in [0.15, 0.2) is 18.2 Å². The van der Waals surface area contributed by atoms with E-state index in [1.165, 1.54) is 12.1 Å². The average molecular weight is 277 g/mol. The molecule has 0 unspecified atom stereocenters. The molecule has 0 radical (unpaired) electrons. The Hall–Kier alpha value is -1.30. The molecular weight excluding hydrogens is 263 g/mol. The van der Waals surface area contributed by atoms with Crippen molar-refractivity contribution in [2.45, 2.75) is 25.9 Å². The van der Waals surface area contributed by atoms with E-state index in [0.717, 1.165) is 12.5 Å². The lowest BCUT2D eigenvalue weighted by molar-refractivity contribution is -0.139. The second kappa shape index (κ2) is 6.04. The van der Waals surface area contributed by atoms with Gasteiger partial charge in [-0.3, -0.25) is 0 Å². The lowest BCUT2D eigenvalue weighted by atomic mass is 10.1. The second-order valence-corrected chi connectivity index (χ2v) is 4.21. The normalized spacial score (nSPS) is 11.3. The highest BCUT2D eigenvalue weighted by atomic mass is 32.1. The Balaban J connectivity index is 3.05. The number of unbranched alkanes of at least 4 members (excludes halogenated alkanes) is 1. The van der Waals surface area contributed by atoms with Gasteiger partial charge in [-0.2, -0.15) is 13.2 Å². The quantitative estimate of drug-likeness (QED) is 0.660. The van der Waals surface area contributed by atoms with Crippen molar-refractivity contribution in [1.82, 2.24) is 0 Å². The Labute approximate surface area is 109 Å². The van der Waals surface area contributed by atoms with Crippen molar-refractivity contribution in [1.29, 1.82) is 0 Å². The number of alkyl halides is 3. The smallest absolute Gasteiger partial charge is 0.419 e. The number of thiocarbonyl (C=S) groups is 1. The van der Waals surface area contributed by atoms with E-state index in [1.807, 2.05) is 6.92 Å². The number of rotatable bonds is 5. The van der Waals surface area contributed by atoms with Crippen LogP contribution >= 0.6 is 12.2 Å². The van der Waals surface area contributed by atoms with Gasteiger partial charge in [0, 0.05) is 5.56 Å². The highest BCUT2D eigenvalue weighted by Crippen LogP contribution is 2.36. The van der Waals surface area contributed by atoms with E-state index < -0.39 is 11.7 Å². The molecule has 0 aromatic heterocycles. The molecule has 2 nitrogen and oxygen atoms in total. The minimum Gasteiger partial charge on any atom is -0.493 e. The molecule has 0 fully saturated rings. The first-order valence-electron chi connectivity index (χ1n) is 5.50. The molecule has 0 aliphatic rings. The van der Waals surface area contributed by atoms with Gasteiger partial charge in [0.15, 0.2) is 0 Å². The Bertz CT molecular complexity index is 432. The predicted molar refractivity (Wildman–Crippen MR) is 67.7 cm³/mol. The molecule has 18 heavy (non-hydrogen) atoms. The molecular formula is C12H14F3NOS. The van der Waals surface area contributed by atoms with E-state index in [9.17, 15) is 13.2 Å². The first-order chi connectivity index (χ1) is 8.36. The largest absolute Gasteiger partial charge is 0.493 e. The molecule has 2 N–H and O–H groups in total. The zero-order chi connectivity index (χ0) is 13.8. The molecule has 0 spiro atoms. The summed E-state index contributed by atoms with van der Waals surface area (Å²) < 4.78 is 43.6. The lowest BCUT2D eigenvalue weighted by Gasteiger charge is -2.15. The maximum Gasteiger partial charge on any atom is 0.419 e. The maximum atomic E-state index is 12.8. The summed E-state index contributed by atoms with van der Waals surface area (Å²) in [6.07, 6.45) is -2.93. The van der Waals surface area contributed by atoms with Crippen LogP contribution in [0.3, 0.4) is 0 Å². The molecule has 0 aliphatic heterocycles. The van der Waals surface area contributed by atoms with Gasteiger partial charge in [0.25, 0.3) is 0 Å². The molecule has 1 rings (SSSR count). The molecule has 0 bridgehead atoms. The lowest BCUT2D eigenvalue weighted by Crippen LogP contribution is -2.14. The number of hydrogen-bond acceptors (Lipinski definition) is 2. The molecule has 0 saturated heterocycles. The van der Waals surface area contributed by atoms with Crippen molar-refractivity contribution < 1.29 is 17.9 Å². The third-order valence-electron chi connectivity index (χ3n) is 2.32. The van der Waals surface area contributed by atoms with E-state index in [0.29, 0.717) is 6.42 Å². The second-order valence-electron chi connectivity index (χ2n) is 3.77. The van der Waals surface area contributed by atoms with Crippen LogP contribution in [0, 0.1) is 0 Å². The Kier molecular flexibility index (Phi) is 4.95. The van der Waals surface area contributed by atoms with Gasteiger partial charge in [-0.15, -0.1) is 0 Å². The summed E-state index contributed by atoms with van der Waals surface area (Å²) in [5, 5.41) is 0. The van der Waals surface area contributed by atoms with Crippen LogP contribution in [0.5, 0.6) is 5.75 Å². The summed E-state index contributed by atoms with van der Waals surface area (Å²) in [6.45, 7) is 2.19. The van der Waals surface area contributed by atoms with Gasteiger partial charge < -0.3 is 10.5 Å². The van der Waals surface area contributed by atoms with Crippen LogP contribution in [0.4, 0.5) is 13.2 Å². The van der Waals surface area contributed by atoms with Gasteiger partial charge in [-0.1, -0.05) is 25.6 Å². The van der Waals surface area contributed by atoms with E-state index in [2.05, 4.69) is 12.2 Å². The minimum atomic E-state index is -4.48. The van der Waals surface area contributed by atoms with Crippen molar-refractivity contribution in [3.05, 3.63) is 29.3 Å². The van der Waals surface area contributed by atoms with E-state index in [4.69, 9.17) is 10.5 Å². The Morgan fingerprint density at radius 3 is 2.56 bits per heavy atom. The van der Waals surface area contributed by atoms with Crippen LogP contribution in [-0.4, -0.2) is 11.6 Å². The molecule has 100 valence electrons. The van der Waals surface area contributed by atoms with E-state index >= 15 is 0 Å². The molecule has 1 aromatic rings. The van der Waals surface area contributed by atoms with Crippen LogP contribution in [-0.2, 0) is 6.18 Å². The SMILES string of the molecule is CCCCOc1ccc(C(N)=S)cc1C(F)(F)F. The summed E-state index contributed by atoms with van der Waals surface area (Å²) in [5.41, 5.74) is 4.66. The average Bonchev–Trinajstić information content (AvgIpc) is 2.28. The van der Waals surface area contributed by atoms with Crippen LogP contribution < -0.4 is 10.5 Å². The van der Waals surface area contributed by atoms with Crippen molar-refractivity contribution >= 4 is 17.2 Å². The Morgan fingerprint density at radius 1 is 1.39 bits per heavy atom. The number of benzene rings is 1. The van der Waals surface area contributed by atoms with Crippen molar-refractivity contribution in [2.24, 2.45) is 5.73 Å². The maximum absolute atomic E-state index is 12.8. The summed E-state index contributed by atoms with van der Waals surface area (Å²) in [4.78, 5) is -0.0689. The van der Waals surface area contributed by atoms with Crippen LogP contribution in [0.2, 0.25) is 0 Å². The fourth-order valence-corrected chi connectivity index (χ4v) is 1.48. The summed E-state index contributed by atoms with van der Waals surface area (Å²) in [6, 6.07) is 3.61. The van der Waals surface area contributed by atoms with E-state index in [-0.39, 0.29) is 22.9 Å². The minimum absolute atomic E-state index is 0.0689. The fraction of sp³-hybridized carbons (Fsp3) is 0.417. The highest BCUT2D eigenvalue weighted by molar-refractivity contribution is 7.80. The molecule has 0 aliphatic carbocycles. The molecule has 0 saturated carbocycles. The van der Waals surface area contributed by atoms with Gasteiger partial charge >= 0.3 is 6.18 Å². The van der Waals surface area contributed by atoms with Crippen LogP contribution in [0.1, 0.15) is 30.9 Å². The molecule has 0 heterocycles. The van der Waals surface area contributed by atoms with Crippen molar-refractivity contribution in [2.75, 3.05) is 6.61 Å². The molecule has 0 amide bonds. The summed E-state index contributed by atoms with van der Waals surface area (Å²) >= 11 is 4.66. The predicted octanol–water partition coefficient (Wildman–Crippen LogP) is 3.52. The number of halogens is 3. The third-order valence-corrected chi connectivity index (χ3v) is 2.56. The monoisotopic (exact) mass is 277 g/mol. The molecule has 1 aromatic carbocycles. The third kappa shape index (κ3) is 3.87. The fourth-order valence-electron chi connectivity index (χ4n) is 1.36. The number of ether oxygens (including phenoxy) is 1. The zero-order valence-corrected chi connectivity index (χ0v) is 10.7. The standard InChI is InChI=1S/C12H14F3NOS/c1-2-3-6-17-10-5-4-8(11(16)18)7-9(10)12(13,14)15/h4-5,7H,2-3,6H2,1H3,(H2,16,18).